The zero-order chi connectivity index (χ0) is 19.3. The molecule has 3 atom stereocenters. The number of rotatable bonds is 14. The van der Waals surface area contributed by atoms with Crippen LogP contribution >= 0.6 is 0 Å². The lowest BCUT2D eigenvalue weighted by Crippen LogP contribution is -2.32. The first-order chi connectivity index (χ1) is 12.5. The van der Waals surface area contributed by atoms with Crippen molar-refractivity contribution < 1.29 is 15.3 Å². The maximum atomic E-state index is 9.34. The summed E-state index contributed by atoms with van der Waals surface area (Å²) in [5, 5.41) is 27.5. The van der Waals surface area contributed by atoms with E-state index in [9.17, 15) is 10.2 Å². The van der Waals surface area contributed by atoms with Crippen LogP contribution in [0.2, 0.25) is 0 Å². The Morgan fingerprint density at radius 2 is 1.96 bits per heavy atom. The number of allylic oxidation sites excluding steroid dienone is 5. The summed E-state index contributed by atoms with van der Waals surface area (Å²) in [5.74, 6) is 0.145. The summed E-state index contributed by atoms with van der Waals surface area (Å²) < 4.78 is 0. The van der Waals surface area contributed by atoms with E-state index in [0.29, 0.717) is 18.3 Å². The highest BCUT2D eigenvalue weighted by Gasteiger charge is 2.24. The largest absolute Gasteiger partial charge is 0.391 e. The van der Waals surface area contributed by atoms with Gasteiger partial charge in [0.15, 0.2) is 5.79 Å². The van der Waals surface area contributed by atoms with Gasteiger partial charge in [-0.2, -0.15) is 0 Å². The number of hydrogen-bond acceptors (Lipinski definition) is 3. The molecule has 150 valence electrons. The SMILES string of the molecule is C=C[C@H](C/C=C/[C@H]1CCC[C@@H]1C/C=C\CCCC(O)(O)CO)CCCC. The zero-order valence-electron chi connectivity index (χ0n) is 16.7. The molecule has 0 heterocycles. The standard InChI is InChI=1S/C23H40O3/c1-3-5-12-20(4-2)13-10-15-22-17-11-16-21(22)14-8-6-7-9-18-23(25,26)19-24/h4,6,8,10,15,20-22,24-26H,2-3,5,7,9,11-14,16-19H2,1H3/b8-6-,15-10+/t20-,21-,22-/m0/s1. The highest BCUT2D eigenvalue weighted by atomic mass is 16.5. The first kappa shape index (κ1) is 23.1. The second-order valence-corrected chi connectivity index (χ2v) is 7.90. The summed E-state index contributed by atoms with van der Waals surface area (Å²) in [6.45, 7) is 5.62. The molecular formula is C23H40O3. The smallest absolute Gasteiger partial charge is 0.186 e. The van der Waals surface area contributed by atoms with Gasteiger partial charge in [0.2, 0.25) is 0 Å². The lowest BCUT2D eigenvalue weighted by molar-refractivity contribution is -0.191. The normalized spacial score (nSPS) is 22.5. The van der Waals surface area contributed by atoms with Crippen LogP contribution in [0.15, 0.2) is 37.0 Å². The molecule has 0 aromatic rings. The van der Waals surface area contributed by atoms with Gasteiger partial charge < -0.3 is 15.3 Å². The van der Waals surface area contributed by atoms with Crippen LogP contribution < -0.4 is 0 Å². The molecule has 1 aliphatic rings. The van der Waals surface area contributed by atoms with E-state index in [1.54, 1.807) is 0 Å². The Morgan fingerprint density at radius 1 is 1.15 bits per heavy atom. The second kappa shape index (κ2) is 13.3. The summed E-state index contributed by atoms with van der Waals surface area (Å²) in [4.78, 5) is 0. The van der Waals surface area contributed by atoms with Gasteiger partial charge in [0.05, 0.1) is 6.61 Å². The maximum Gasteiger partial charge on any atom is 0.186 e. The Labute approximate surface area is 160 Å². The minimum atomic E-state index is -1.92. The minimum Gasteiger partial charge on any atom is -0.391 e. The van der Waals surface area contributed by atoms with E-state index in [1.807, 2.05) is 0 Å². The molecule has 0 amide bonds. The van der Waals surface area contributed by atoms with Gasteiger partial charge in [0, 0.05) is 6.42 Å². The molecule has 0 aliphatic heterocycles. The Balaban J connectivity index is 2.28. The third kappa shape index (κ3) is 9.70. The zero-order valence-corrected chi connectivity index (χ0v) is 16.7. The molecule has 3 N–H and O–H groups in total. The number of unbranched alkanes of at least 4 members (excludes halogenated alkanes) is 2. The van der Waals surface area contributed by atoms with Crippen molar-refractivity contribution in [1.82, 2.24) is 0 Å². The van der Waals surface area contributed by atoms with Gasteiger partial charge in [-0.25, -0.2) is 0 Å². The molecule has 1 saturated carbocycles. The molecule has 26 heavy (non-hydrogen) atoms. The van der Waals surface area contributed by atoms with Crippen LogP contribution in [0.25, 0.3) is 0 Å². The van der Waals surface area contributed by atoms with Crippen LogP contribution in [0.4, 0.5) is 0 Å². The van der Waals surface area contributed by atoms with Crippen LogP contribution in [0, 0.1) is 17.8 Å². The Kier molecular flexibility index (Phi) is 11.8. The molecule has 3 heteroatoms. The average molecular weight is 365 g/mol. The van der Waals surface area contributed by atoms with Crippen molar-refractivity contribution in [1.29, 1.82) is 0 Å². The van der Waals surface area contributed by atoms with E-state index < -0.39 is 12.4 Å². The number of hydrogen-bond donors (Lipinski definition) is 3. The van der Waals surface area contributed by atoms with Crippen LogP contribution in [0.1, 0.15) is 77.6 Å². The fourth-order valence-corrected chi connectivity index (χ4v) is 3.81. The van der Waals surface area contributed by atoms with Crippen LogP contribution in [0.5, 0.6) is 0 Å². The molecule has 0 radical (unpaired) electrons. The van der Waals surface area contributed by atoms with Crippen molar-refractivity contribution in [2.24, 2.45) is 17.8 Å². The van der Waals surface area contributed by atoms with E-state index in [2.05, 4.69) is 43.9 Å². The van der Waals surface area contributed by atoms with E-state index in [-0.39, 0.29) is 6.42 Å². The fraction of sp³-hybridized carbons (Fsp3) is 0.739. The predicted octanol–water partition coefficient (Wildman–Crippen LogP) is 5.13. The molecule has 1 aliphatic carbocycles. The predicted molar refractivity (Wildman–Crippen MR) is 110 cm³/mol. The van der Waals surface area contributed by atoms with Crippen LogP contribution in [-0.4, -0.2) is 27.7 Å². The van der Waals surface area contributed by atoms with Crippen LogP contribution in [-0.2, 0) is 0 Å². The maximum absolute atomic E-state index is 9.34. The van der Waals surface area contributed by atoms with Crippen molar-refractivity contribution in [2.45, 2.75) is 83.3 Å². The molecule has 0 saturated heterocycles. The molecule has 1 fully saturated rings. The highest BCUT2D eigenvalue weighted by molar-refractivity contribution is 4.99. The third-order valence-electron chi connectivity index (χ3n) is 5.61. The van der Waals surface area contributed by atoms with Crippen molar-refractivity contribution >= 4 is 0 Å². The van der Waals surface area contributed by atoms with E-state index in [4.69, 9.17) is 5.11 Å². The molecule has 0 aromatic heterocycles. The Morgan fingerprint density at radius 3 is 2.65 bits per heavy atom. The van der Waals surface area contributed by atoms with Crippen LogP contribution in [0.3, 0.4) is 0 Å². The lowest BCUT2D eigenvalue weighted by atomic mass is 9.91. The topological polar surface area (TPSA) is 60.7 Å². The number of aliphatic hydroxyl groups is 3. The van der Waals surface area contributed by atoms with E-state index in [1.165, 1.54) is 38.5 Å². The average Bonchev–Trinajstić information content (AvgIpc) is 3.08. The molecule has 0 bridgehead atoms. The molecule has 1 rings (SSSR count). The summed E-state index contributed by atoms with van der Waals surface area (Å²) in [7, 11) is 0. The lowest BCUT2D eigenvalue weighted by Gasteiger charge is -2.17. The van der Waals surface area contributed by atoms with Gasteiger partial charge in [-0.1, -0.05) is 56.6 Å². The molecule has 0 unspecified atom stereocenters. The van der Waals surface area contributed by atoms with Gasteiger partial charge in [0.25, 0.3) is 0 Å². The molecule has 0 spiro atoms. The fourth-order valence-electron chi connectivity index (χ4n) is 3.81. The van der Waals surface area contributed by atoms with Crippen molar-refractivity contribution in [2.75, 3.05) is 6.61 Å². The van der Waals surface area contributed by atoms with Gasteiger partial charge in [-0.05, 0) is 62.7 Å². The Bertz CT molecular complexity index is 425. The first-order valence-electron chi connectivity index (χ1n) is 10.5. The van der Waals surface area contributed by atoms with Gasteiger partial charge in [-0.15, -0.1) is 6.58 Å². The molecule has 3 nitrogen and oxygen atoms in total. The van der Waals surface area contributed by atoms with E-state index in [0.717, 1.165) is 25.2 Å². The molecular weight excluding hydrogens is 324 g/mol. The third-order valence-corrected chi connectivity index (χ3v) is 5.61. The second-order valence-electron chi connectivity index (χ2n) is 7.90. The van der Waals surface area contributed by atoms with Crippen molar-refractivity contribution in [3.8, 4) is 0 Å². The van der Waals surface area contributed by atoms with E-state index >= 15 is 0 Å². The van der Waals surface area contributed by atoms with Gasteiger partial charge in [-0.3, -0.25) is 0 Å². The highest BCUT2D eigenvalue weighted by Crippen LogP contribution is 2.35. The van der Waals surface area contributed by atoms with Gasteiger partial charge >= 0.3 is 0 Å². The minimum absolute atomic E-state index is 0.213. The summed E-state index contributed by atoms with van der Waals surface area (Å²) in [6.07, 6.45) is 23.0. The van der Waals surface area contributed by atoms with Gasteiger partial charge in [0.1, 0.15) is 0 Å². The summed E-state index contributed by atoms with van der Waals surface area (Å²) >= 11 is 0. The monoisotopic (exact) mass is 364 g/mol. The molecule has 0 aromatic carbocycles. The number of aliphatic hydroxyl groups excluding tert-OH is 1. The van der Waals surface area contributed by atoms with Crippen molar-refractivity contribution in [3.63, 3.8) is 0 Å². The summed E-state index contributed by atoms with van der Waals surface area (Å²) in [6, 6.07) is 0. The Hall–Kier alpha value is -0.900. The van der Waals surface area contributed by atoms with Crippen molar-refractivity contribution in [3.05, 3.63) is 37.0 Å². The first-order valence-corrected chi connectivity index (χ1v) is 10.5. The summed E-state index contributed by atoms with van der Waals surface area (Å²) in [5.41, 5.74) is 0. The quantitative estimate of drug-likeness (QED) is 0.227.